The van der Waals surface area contributed by atoms with Gasteiger partial charge < -0.3 is 4.90 Å². The van der Waals surface area contributed by atoms with E-state index in [1.165, 1.54) is 6.07 Å². The first-order valence-corrected chi connectivity index (χ1v) is 7.32. The van der Waals surface area contributed by atoms with Crippen molar-refractivity contribution in [3.63, 3.8) is 0 Å². The normalized spacial score (nSPS) is 11.8. The van der Waals surface area contributed by atoms with Gasteiger partial charge in [0.2, 0.25) is 0 Å². The van der Waals surface area contributed by atoms with Gasteiger partial charge in [0.1, 0.15) is 6.54 Å². The first-order chi connectivity index (χ1) is 8.61. The molecule has 0 aromatic heterocycles. The summed E-state index contributed by atoms with van der Waals surface area (Å²) in [5.41, 5.74) is 0.271. The van der Waals surface area contributed by atoms with E-state index in [0.717, 1.165) is 4.90 Å². The standard InChI is InChI=1S/C12H12BrF3INO/c1-7(2)18(6-12(14,15)16)11(19)9-5-8(13)3-4-10(9)17/h3-5,7H,6H2,1-2H3. The minimum absolute atomic E-state index is 0.271. The molecule has 2 nitrogen and oxygen atoms in total. The number of alkyl halides is 3. The number of rotatable bonds is 3. The highest BCUT2D eigenvalue weighted by Crippen LogP contribution is 2.24. The number of hydrogen-bond acceptors (Lipinski definition) is 1. The van der Waals surface area contributed by atoms with Gasteiger partial charge in [0.05, 0.1) is 5.56 Å². The van der Waals surface area contributed by atoms with Crippen LogP contribution in [0.2, 0.25) is 0 Å². The van der Waals surface area contributed by atoms with Gasteiger partial charge in [-0.25, -0.2) is 0 Å². The zero-order valence-corrected chi connectivity index (χ0v) is 14.0. The molecule has 0 aliphatic heterocycles. The Labute approximate surface area is 131 Å². The number of hydrogen-bond donors (Lipinski definition) is 0. The van der Waals surface area contributed by atoms with E-state index in [2.05, 4.69) is 15.9 Å². The molecule has 19 heavy (non-hydrogen) atoms. The first-order valence-electron chi connectivity index (χ1n) is 5.44. The third kappa shape index (κ3) is 4.94. The molecular formula is C12H12BrF3INO. The van der Waals surface area contributed by atoms with E-state index in [1.807, 2.05) is 22.6 Å². The Morgan fingerprint density at radius 3 is 2.47 bits per heavy atom. The van der Waals surface area contributed by atoms with Gasteiger partial charge >= 0.3 is 6.18 Å². The lowest BCUT2D eigenvalue weighted by Gasteiger charge is -2.28. The van der Waals surface area contributed by atoms with Gasteiger partial charge in [-0.15, -0.1) is 0 Å². The second-order valence-corrected chi connectivity index (χ2v) is 6.34. The summed E-state index contributed by atoms with van der Waals surface area (Å²) in [6, 6.07) is 4.44. The van der Waals surface area contributed by atoms with Gasteiger partial charge in [-0.2, -0.15) is 13.2 Å². The molecule has 0 N–H and O–H groups in total. The number of nitrogens with zero attached hydrogens (tertiary/aromatic N) is 1. The zero-order valence-electron chi connectivity index (χ0n) is 10.3. The highest BCUT2D eigenvalue weighted by molar-refractivity contribution is 14.1. The summed E-state index contributed by atoms with van der Waals surface area (Å²) < 4.78 is 38.8. The van der Waals surface area contributed by atoms with E-state index in [1.54, 1.807) is 26.0 Å². The molecule has 0 unspecified atom stereocenters. The fourth-order valence-corrected chi connectivity index (χ4v) is 2.43. The maximum atomic E-state index is 12.5. The van der Waals surface area contributed by atoms with Gasteiger partial charge in [0.15, 0.2) is 0 Å². The van der Waals surface area contributed by atoms with Crippen molar-refractivity contribution >= 4 is 44.4 Å². The molecular weight excluding hydrogens is 438 g/mol. The van der Waals surface area contributed by atoms with Gasteiger partial charge in [-0.3, -0.25) is 4.79 Å². The van der Waals surface area contributed by atoms with Gasteiger partial charge in [-0.1, -0.05) is 15.9 Å². The Hall–Kier alpha value is -0.310. The molecule has 0 spiro atoms. The van der Waals surface area contributed by atoms with Crippen molar-refractivity contribution in [1.29, 1.82) is 0 Å². The molecule has 0 saturated heterocycles. The highest BCUT2D eigenvalue weighted by atomic mass is 127. The van der Waals surface area contributed by atoms with Crippen LogP contribution in [0.1, 0.15) is 24.2 Å². The minimum Gasteiger partial charge on any atom is -0.327 e. The number of carbonyl (C=O) groups is 1. The molecule has 0 heterocycles. The van der Waals surface area contributed by atoms with E-state index in [4.69, 9.17) is 0 Å². The Kier molecular flexibility index (Phi) is 5.66. The summed E-state index contributed by atoms with van der Waals surface area (Å²) in [6.07, 6.45) is -4.41. The van der Waals surface area contributed by atoms with E-state index >= 15 is 0 Å². The van der Waals surface area contributed by atoms with Crippen LogP contribution in [0.25, 0.3) is 0 Å². The molecule has 1 rings (SSSR count). The van der Waals surface area contributed by atoms with Crippen molar-refractivity contribution in [2.75, 3.05) is 6.54 Å². The third-order valence-electron chi connectivity index (χ3n) is 2.39. The predicted octanol–water partition coefficient (Wildman–Crippen LogP) is 4.47. The number of carbonyl (C=O) groups excluding carboxylic acids is 1. The van der Waals surface area contributed by atoms with Gasteiger partial charge in [-0.05, 0) is 54.6 Å². The maximum Gasteiger partial charge on any atom is 0.406 e. The second kappa shape index (κ2) is 6.43. The molecule has 0 atom stereocenters. The lowest BCUT2D eigenvalue weighted by molar-refractivity contribution is -0.143. The Morgan fingerprint density at radius 1 is 1.42 bits per heavy atom. The summed E-state index contributed by atoms with van der Waals surface area (Å²) in [5.74, 6) is -0.613. The molecule has 1 amide bonds. The van der Waals surface area contributed by atoms with Crippen molar-refractivity contribution in [3.8, 4) is 0 Å². The van der Waals surface area contributed by atoms with Gasteiger partial charge in [0.25, 0.3) is 5.91 Å². The molecule has 0 fully saturated rings. The number of benzene rings is 1. The van der Waals surface area contributed by atoms with E-state index < -0.39 is 24.7 Å². The van der Waals surface area contributed by atoms with Crippen LogP contribution in [0.5, 0.6) is 0 Å². The summed E-state index contributed by atoms with van der Waals surface area (Å²) in [7, 11) is 0. The van der Waals surface area contributed by atoms with Crippen molar-refractivity contribution in [1.82, 2.24) is 4.90 Å². The molecule has 1 aromatic carbocycles. The topological polar surface area (TPSA) is 20.3 Å². The largest absolute Gasteiger partial charge is 0.406 e. The van der Waals surface area contributed by atoms with Gasteiger partial charge in [0, 0.05) is 14.1 Å². The fourth-order valence-electron chi connectivity index (χ4n) is 1.50. The molecule has 0 saturated carbocycles. The van der Waals surface area contributed by atoms with Crippen molar-refractivity contribution in [3.05, 3.63) is 31.8 Å². The zero-order chi connectivity index (χ0) is 14.8. The Morgan fingerprint density at radius 2 is 2.00 bits per heavy atom. The second-order valence-electron chi connectivity index (χ2n) is 4.27. The van der Waals surface area contributed by atoms with Crippen LogP contribution in [0.15, 0.2) is 22.7 Å². The molecule has 0 radical (unpaired) electrons. The monoisotopic (exact) mass is 449 g/mol. The maximum absolute atomic E-state index is 12.5. The fraction of sp³-hybridized carbons (Fsp3) is 0.417. The van der Waals surface area contributed by atoms with Crippen molar-refractivity contribution < 1.29 is 18.0 Å². The highest BCUT2D eigenvalue weighted by Gasteiger charge is 2.35. The number of amides is 1. The van der Waals surface area contributed by atoms with Crippen LogP contribution < -0.4 is 0 Å². The van der Waals surface area contributed by atoms with Crippen LogP contribution in [-0.2, 0) is 0 Å². The molecule has 106 valence electrons. The summed E-state index contributed by atoms with van der Waals surface area (Å²) in [5, 5.41) is 0. The number of halogens is 5. The smallest absolute Gasteiger partial charge is 0.327 e. The summed E-state index contributed by atoms with van der Waals surface area (Å²) in [6.45, 7) is 1.88. The predicted molar refractivity (Wildman–Crippen MR) is 79.1 cm³/mol. The Balaban J connectivity index is 3.09. The third-order valence-corrected chi connectivity index (χ3v) is 3.83. The summed E-state index contributed by atoms with van der Waals surface area (Å²) >= 11 is 5.15. The van der Waals surface area contributed by atoms with Crippen molar-refractivity contribution in [2.24, 2.45) is 0 Å². The van der Waals surface area contributed by atoms with Crippen LogP contribution in [0.4, 0.5) is 13.2 Å². The minimum atomic E-state index is -4.41. The molecule has 0 aliphatic rings. The first kappa shape index (κ1) is 16.7. The average Bonchev–Trinajstić information content (AvgIpc) is 2.27. The lowest BCUT2D eigenvalue weighted by atomic mass is 10.1. The Bertz CT molecular complexity index is 477. The average molecular weight is 450 g/mol. The van der Waals surface area contributed by atoms with E-state index in [9.17, 15) is 18.0 Å². The quantitative estimate of drug-likeness (QED) is 0.623. The van der Waals surface area contributed by atoms with Crippen molar-refractivity contribution in [2.45, 2.75) is 26.1 Å². The molecule has 0 aliphatic carbocycles. The van der Waals surface area contributed by atoms with Crippen LogP contribution in [0, 0.1) is 3.57 Å². The van der Waals surface area contributed by atoms with E-state index in [0.29, 0.717) is 8.04 Å². The van der Waals surface area contributed by atoms with E-state index in [-0.39, 0.29) is 5.56 Å². The lowest BCUT2D eigenvalue weighted by Crippen LogP contribution is -2.43. The SMILES string of the molecule is CC(C)N(CC(F)(F)F)C(=O)c1cc(Br)ccc1I. The molecule has 1 aromatic rings. The summed E-state index contributed by atoms with van der Waals surface area (Å²) in [4.78, 5) is 13.1. The van der Waals surface area contributed by atoms with Crippen LogP contribution in [0.3, 0.4) is 0 Å². The molecule has 0 bridgehead atoms. The molecule has 7 heteroatoms. The van der Waals surface area contributed by atoms with Crippen LogP contribution in [-0.4, -0.2) is 29.6 Å². The van der Waals surface area contributed by atoms with Crippen LogP contribution >= 0.6 is 38.5 Å².